The third kappa shape index (κ3) is 2.91. The highest BCUT2D eigenvalue weighted by Gasteiger charge is 2.09. The van der Waals surface area contributed by atoms with Crippen molar-refractivity contribution >= 4 is 40.7 Å². The second kappa shape index (κ2) is 5.53. The van der Waals surface area contributed by atoms with Crippen molar-refractivity contribution in [3.8, 4) is 6.07 Å². The van der Waals surface area contributed by atoms with Gasteiger partial charge in [0.1, 0.15) is 0 Å². The van der Waals surface area contributed by atoms with Crippen LogP contribution in [0, 0.1) is 11.3 Å². The fourth-order valence-corrected chi connectivity index (χ4v) is 2.95. The summed E-state index contributed by atoms with van der Waals surface area (Å²) >= 11 is 13.7. The molecule has 0 aliphatic carbocycles. The van der Waals surface area contributed by atoms with E-state index in [0.717, 1.165) is 9.79 Å². The molecule has 2 aromatic carbocycles. The quantitative estimate of drug-likeness (QED) is 0.824. The summed E-state index contributed by atoms with van der Waals surface area (Å²) in [6, 6.07) is 12.6. The lowest BCUT2D eigenvalue weighted by molar-refractivity contribution is 1.39. The monoisotopic (exact) mass is 294 g/mol. The number of benzene rings is 2. The molecule has 2 rings (SSSR count). The van der Waals surface area contributed by atoms with Crippen molar-refractivity contribution < 1.29 is 0 Å². The van der Waals surface area contributed by atoms with E-state index in [1.807, 2.05) is 12.1 Å². The van der Waals surface area contributed by atoms with Crippen LogP contribution in [0.5, 0.6) is 0 Å². The van der Waals surface area contributed by atoms with Gasteiger partial charge >= 0.3 is 0 Å². The van der Waals surface area contributed by atoms with Crippen molar-refractivity contribution in [2.45, 2.75) is 9.79 Å². The highest BCUT2D eigenvalue weighted by molar-refractivity contribution is 7.99. The molecule has 0 atom stereocenters. The first-order valence-electron chi connectivity index (χ1n) is 5.02. The summed E-state index contributed by atoms with van der Waals surface area (Å²) in [6.45, 7) is 0. The van der Waals surface area contributed by atoms with Gasteiger partial charge in [-0.1, -0.05) is 35.0 Å². The van der Waals surface area contributed by atoms with Crippen molar-refractivity contribution in [1.82, 2.24) is 0 Å². The van der Waals surface area contributed by atoms with E-state index < -0.39 is 0 Å². The van der Waals surface area contributed by atoms with Crippen molar-refractivity contribution in [1.29, 1.82) is 5.26 Å². The minimum Gasteiger partial charge on any atom is -0.399 e. The molecular formula is C13H8Cl2N2S. The average molecular weight is 295 g/mol. The van der Waals surface area contributed by atoms with Crippen LogP contribution in [0.4, 0.5) is 5.69 Å². The van der Waals surface area contributed by atoms with Gasteiger partial charge in [-0.2, -0.15) is 5.26 Å². The number of nitriles is 1. The lowest BCUT2D eigenvalue weighted by atomic mass is 10.2. The fraction of sp³-hybridized carbons (Fsp3) is 0. The van der Waals surface area contributed by atoms with Gasteiger partial charge in [-0.15, -0.1) is 0 Å². The van der Waals surface area contributed by atoms with Gasteiger partial charge in [0.25, 0.3) is 0 Å². The first kappa shape index (κ1) is 13.1. The summed E-state index contributed by atoms with van der Waals surface area (Å²) in [5, 5.41) is 9.77. The van der Waals surface area contributed by atoms with E-state index in [4.69, 9.17) is 34.2 Å². The molecule has 0 saturated heterocycles. The first-order chi connectivity index (χ1) is 8.60. The highest BCUT2D eigenvalue weighted by atomic mass is 35.5. The second-order valence-electron chi connectivity index (χ2n) is 3.55. The zero-order valence-corrected chi connectivity index (χ0v) is 11.5. The molecule has 18 heavy (non-hydrogen) atoms. The smallest absolute Gasteiger partial charge is 0.0991 e. The third-order valence-electron chi connectivity index (χ3n) is 2.22. The molecule has 0 unspecified atom stereocenters. The van der Waals surface area contributed by atoms with Gasteiger partial charge in [0, 0.05) is 15.5 Å². The van der Waals surface area contributed by atoms with Gasteiger partial charge in [-0.25, -0.2) is 0 Å². The molecule has 0 spiro atoms. The number of rotatable bonds is 2. The van der Waals surface area contributed by atoms with Crippen LogP contribution >= 0.6 is 35.0 Å². The zero-order valence-electron chi connectivity index (χ0n) is 9.15. The van der Waals surface area contributed by atoms with Gasteiger partial charge in [0.15, 0.2) is 0 Å². The Hall–Kier alpha value is -1.34. The van der Waals surface area contributed by atoms with Gasteiger partial charge in [-0.05, 0) is 36.4 Å². The van der Waals surface area contributed by atoms with Crippen LogP contribution in [0.3, 0.4) is 0 Å². The topological polar surface area (TPSA) is 49.8 Å². The molecule has 5 heteroatoms. The molecule has 0 amide bonds. The zero-order chi connectivity index (χ0) is 13.1. The molecule has 0 saturated carbocycles. The molecular weight excluding hydrogens is 287 g/mol. The van der Waals surface area contributed by atoms with Gasteiger partial charge in [-0.3, -0.25) is 0 Å². The van der Waals surface area contributed by atoms with E-state index in [-0.39, 0.29) is 0 Å². The van der Waals surface area contributed by atoms with E-state index in [1.165, 1.54) is 11.8 Å². The Labute approximate surface area is 119 Å². The average Bonchev–Trinajstić information content (AvgIpc) is 2.34. The highest BCUT2D eigenvalue weighted by Crippen LogP contribution is 2.39. The summed E-state index contributed by atoms with van der Waals surface area (Å²) in [7, 11) is 0. The molecule has 2 aromatic rings. The van der Waals surface area contributed by atoms with Gasteiger partial charge in [0.2, 0.25) is 0 Å². The molecule has 2 nitrogen and oxygen atoms in total. The van der Waals surface area contributed by atoms with E-state index >= 15 is 0 Å². The van der Waals surface area contributed by atoms with Gasteiger partial charge in [0.05, 0.1) is 21.7 Å². The molecule has 0 fully saturated rings. The van der Waals surface area contributed by atoms with E-state index in [0.29, 0.717) is 21.3 Å². The molecule has 0 aromatic heterocycles. The number of hydrogen-bond acceptors (Lipinski definition) is 3. The maximum absolute atomic E-state index is 8.72. The van der Waals surface area contributed by atoms with E-state index in [9.17, 15) is 0 Å². The Morgan fingerprint density at radius 2 is 1.61 bits per heavy atom. The second-order valence-corrected chi connectivity index (χ2v) is 5.45. The summed E-state index contributed by atoms with van der Waals surface area (Å²) in [6.07, 6.45) is 0. The Balaban J connectivity index is 2.31. The number of nitrogens with two attached hydrogens (primary N) is 1. The van der Waals surface area contributed by atoms with Crippen LogP contribution in [0.15, 0.2) is 46.2 Å². The number of hydrogen-bond donors (Lipinski definition) is 1. The largest absolute Gasteiger partial charge is 0.399 e. The van der Waals surface area contributed by atoms with Crippen LogP contribution < -0.4 is 5.73 Å². The molecule has 0 aliphatic rings. The van der Waals surface area contributed by atoms with Crippen molar-refractivity contribution in [3.63, 3.8) is 0 Å². The van der Waals surface area contributed by atoms with Crippen molar-refractivity contribution in [2.75, 3.05) is 5.73 Å². The number of halogens is 2. The van der Waals surface area contributed by atoms with E-state index in [2.05, 4.69) is 6.07 Å². The predicted molar refractivity (Wildman–Crippen MR) is 76.2 cm³/mol. The Morgan fingerprint density at radius 1 is 1.06 bits per heavy atom. The molecule has 2 N–H and O–H groups in total. The van der Waals surface area contributed by atoms with Crippen LogP contribution in [-0.2, 0) is 0 Å². The van der Waals surface area contributed by atoms with Crippen molar-refractivity contribution in [2.24, 2.45) is 0 Å². The Morgan fingerprint density at radius 3 is 2.11 bits per heavy atom. The van der Waals surface area contributed by atoms with Crippen LogP contribution in [0.2, 0.25) is 10.0 Å². The standard InChI is InChI=1S/C13H8Cl2N2S/c14-11-5-9(17)6-12(15)13(11)18-10-3-1-8(7-16)2-4-10/h1-6H,17H2. The number of nitrogens with zero attached hydrogens (tertiary/aromatic N) is 1. The number of nitrogen functional groups attached to an aromatic ring is 1. The maximum Gasteiger partial charge on any atom is 0.0991 e. The summed E-state index contributed by atoms with van der Waals surface area (Å²) in [4.78, 5) is 1.72. The Bertz CT molecular complexity index is 595. The lowest BCUT2D eigenvalue weighted by Crippen LogP contribution is -1.86. The minimum absolute atomic E-state index is 0.523. The predicted octanol–water partition coefficient (Wildman–Crippen LogP) is 4.60. The van der Waals surface area contributed by atoms with Crippen LogP contribution in [0.1, 0.15) is 5.56 Å². The third-order valence-corrected chi connectivity index (χ3v) is 4.20. The molecule has 0 aliphatic heterocycles. The van der Waals surface area contributed by atoms with Gasteiger partial charge < -0.3 is 5.73 Å². The molecule has 0 bridgehead atoms. The van der Waals surface area contributed by atoms with E-state index in [1.54, 1.807) is 24.3 Å². The minimum atomic E-state index is 0.523. The van der Waals surface area contributed by atoms with Crippen molar-refractivity contribution in [3.05, 3.63) is 52.0 Å². The normalized spacial score (nSPS) is 10.1. The SMILES string of the molecule is N#Cc1ccc(Sc2c(Cl)cc(N)cc2Cl)cc1. The number of anilines is 1. The van der Waals surface area contributed by atoms with Crippen LogP contribution in [0.25, 0.3) is 0 Å². The summed E-state index contributed by atoms with van der Waals surface area (Å²) in [5.41, 5.74) is 6.80. The van der Waals surface area contributed by atoms with Crippen LogP contribution in [-0.4, -0.2) is 0 Å². The lowest BCUT2D eigenvalue weighted by Gasteiger charge is -2.07. The molecule has 0 radical (unpaired) electrons. The summed E-state index contributed by atoms with van der Waals surface area (Å²) in [5.74, 6) is 0. The first-order valence-corrected chi connectivity index (χ1v) is 6.60. The Kier molecular flexibility index (Phi) is 4.03. The fourth-order valence-electron chi connectivity index (χ4n) is 1.39. The summed E-state index contributed by atoms with van der Waals surface area (Å²) < 4.78 is 0. The molecule has 0 heterocycles. The maximum atomic E-state index is 8.72. The molecule has 90 valence electrons.